The number of hydrogen-bond donors (Lipinski definition) is 0. The van der Waals surface area contributed by atoms with E-state index in [2.05, 4.69) is 4.74 Å². The van der Waals surface area contributed by atoms with E-state index in [4.69, 9.17) is 0 Å². The fraction of sp³-hybridized carbons (Fsp3) is 0.500. The molecule has 0 aromatic heterocycles. The fourth-order valence-corrected chi connectivity index (χ4v) is 0.288. The third kappa shape index (κ3) is 0.838. The van der Waals surface area contributed by atoms with Crippen LogP contribution in [0.25, 0.3) is 0 Å². The van der Waals surface area contributed by atoms with Crippen molar-refractivity contribution in [1.82, 2.24) is 0 Å². The minimum Gasteiger partial charge on any atom is -0.364 e. The van der Waals surface area contributed by atoms with E-state index >= 15 is 0 Å². The van der Waals surface area contributed by atoms with Crippen LogP contribution in [0.3, 0.4) is 0 Å². The highest BCUT2D eigenvalue weighted by Crippen LogP contribution is 2.07. The molecule has 0 radical (unpaired) electrons. The number of ether oxygens (including phenoxy) is 1. The highest BCUT2D eigenvalue weighted by atomic mass is 16.6. The molecule has 0 aromatic carbocycles. The van der Waals surface area contributed by atoms with E-state index in [0.717, 1.165) is 0 Å². The topological polar surface area (TPSA) is 46.7 Å². The first kappa shape index (κ1) is 4.46. The van der Waals surface area contributed by atoms with Gasteiger partial charge in [0.05, 0.1) is 6.61 Å². The summed E-state index contributed by atoms with van der Waals surface area (Å²) in [6.07, 6.45) is -0.102. The first-order chi connectivity index (χ1) is 3.34. The van der Waals surface area contributed by atoms with Crippen LogP contribution in [0.5, 0.6) is 0 Å². The van der Waals surface area contributed by atoms with Crippen molar-refractivity contribution in [3.8, 4) is 0 Å². The third-order valence-electron chi connectivity index (χ3n) is 0.767. The predicted octanol–water partition coefficient (Wildman–Crippen LogP) is -0.847. The third-order valence-corrected chi connectivity index (χ3v) is 0.767. The summed E-state index contributed by atoms with van der Waals surface area (Å²) in [4.78, 5) is 19.6. The number of aldehydes is 1. The average molecular weight is 100 g/mol. The predicted molar refractivity (Wildman–Crippen MR) is 20.8 cm³/mol. The molecule has 1 aliphatic rings. The number of ketones is 1. The van der Waals surface area contributed by atoms with Gasteiger partial charge in [0.15, 0.2) is 6.29 Å². The second-order valence-corrected chi connectivity index (χ2v) is 1.34. The number of epoxide rings is 1. The van der Waals surface area contributed by atoms with Crippen LogP contribution in [0.15, 0.2) is 0 Å². The molecule has 0 N–H and O–H groups in total. The molecule has 0 aromatic rings. The molecule has 1 atom stereocenters. The second kappa shape index (κ2) is 1.42. The van der Waals surface area contributed by atoms with Gasteiger partial charge in [0.25, 0.3) is 0 Å². The van der Waals surface area contributed by atoms with Crippen LogP contribution in [0, 0.1) is 0 Å². The van der Waals surface area contributed by atoms with E-state index in [-0.39, 0.29) is 6.29 Å². The number of hydrogen-bond acceptors (Lipinski definition) is 3. The molecule has 0 aliphatic carbocycles. The Balaban J connectivity index is 2.37. The van der Waals surface area contributed by atoms with E-state index < -0.39 is 11.9 Å². The van der Waals surface area contributed by atoms with Gasteiger partial charge in [0.2, 0.25) is 5.78 Å². The Labute approximate surface area is 40.3 Å². The van der Waals surface area contributed by atoms with Gasteiger partial charge in [-0.2, -0.15) is 0 Å². The van der Waals surface area contributed by atoms with Crippen LogP contribution in [0.1, 0.15) is 0 Å². The Morgan fingerprint density at radius 2 is 2.43 bits per heavy atom. The summed E-state index contributed by atoms with van der Waals surface area (Å²) in [7, 11) is 0. The van der Waals surface area contributed by atoms with Gasteiger partial charge in [0.1, 0.15) is 6.10 Å². The molecular formula is C4H4O3. The molecule has 0 unspecified atom stereocenters. The Kier molecular flexibility index (Phi) is 0.906. The summed E-state index contributed by atoms with van der Waals surface area (Å²) >= 11 is 0. The lowest BCUT2D eigenvalue weighted by atomic mass is 10.3. The molecule has 0 spiro atoms. The molecule has 7 heavy (non-hydrogen) atoms. The highest BCUT2D eigenvalue weighted by Gasteiger charge is 2.30. The number of Topliss-reactive ketones (excluding diaryl/α,β-unsaturated/α-hetero) is 1. The molecule has 1 saturated heterocycles. The molecule has 1 aliphatic heterocycles. The maximum Gasteiger partial charge on any atom is 0.226 e. The van der Waals surface area contributed by atoms with Crippen LogP contribution < -0.4 is 0 Å². The fourth-order valence-electron chi connectivity index (χ4n) is 0.288. The van der Waals surface area contributed by atoms with Crippen LogP contribution in [0.4, 0.5) is 0 Å². The van der Waals surface area contributed by atoms with Gasteiger partial charge in [0, 0.05) is 0 Å². The lowest BCUT2D eigenvalue weighted by molar-refractivity contribution is -0.130. The number of carbonyl (C=O) groups is 2. The largest absolute Gasteiger partial charge is 0.364 e. The monoisotopic (exact) mass is 100 g/mol. The van der Waals surface area contributed by atoms with Crippen molar-refractivity contribution in [3.05, 3.63) is 0 Å². The van der Waals surface area contributed by atoms with Crippen LogP contribution in [0.2, 0.25) is 0 Å². The molecule has 1 heterocycles. The summed E-state index contributed by atoms with van der Waals surface area (Å²) in [6, 6.07) is 0. The number of carbonyl (C=O) groups excluding carboxylic acids is 2. The second-order valence-electron chi connectivity index (χ2n) is 1.34. The van der Waals surface area contributed by atoms with Gasteiger partial charge in [-0.05, 0) is 0 Å². The zero-order valence-corrected chi connectivity index (χ0v) is 3.59. The van der Waals surface area contributed by atoms with Crippen molar-refractivity contribution < 1.29 is 14.3 Å². The zero-order valence-electron chi connectivity index (χ0n) is 3.59. The van der Waals surface area contributed by atoms with E-state index in [1.165, 1.54) is 0 Å². The first-order valence-electron chi connectivity index (χ1n) is 1.95. The van der Waals surface area contributed by atoms with Crippen molar-refractivity contribution in [3.63, 3.8) is 0 Å². The first-order valence-corrected chi connectivity index (χ1v) is 1.95. The quantitative estimate of drug-likeness (QED) is 0.258. The minimum atomic E-state index is -0.444. The lowest BCUT2D eigenvalue weighted by Crippen LogP contribution is -2.06. The summed E-state index contributed by atoms with van der Waals surface area (Å²) in [5.74, 6) is -0.444. The van der Waals surface area contributed by atoms with Crippen molar-refractivity contribution in [2.45, 2.75) is 6.10 Å². The van der Waals surface area contributed by atoms with Crippen LogP contribution >= 0.6 is 0 Å². The minimum absolute atomic E-state index is 0.289. The van der Waals surface area contributed by atoms with E-state index in [1.54, 1.807) is 0 Å². The Morgan fingerprint density at radius 1 is 1.86 bits per heavy atom. The van der Waals surface area contributed by atoms with Crippen molar-refractivity contribution in [2.24, 2.45) is 0 Å². The smallest absolute Gasteiger partial charge is 0.226 e. The van der Waals surface area contributed by atoms with Gasteiger partial charge in [-0.15, -0.1) is 0 Å². The SMILES string of the molecule is O=CC(=O)[C@@H]1CO1. The molecule has 3 heteroatoms. The maximum absolute atomic E-state index is 10.1. The summed E-state index contributed by atoms with van der Waals surface area (Å²) in [6.45, 7) is 0.428. The average Bonchev–Trinajstić information content (AvgIpc) is 2.44. The Bertz CT molecular complexity index is 104. The molecule has 0 saturated carbocycles. The molecule has 0 amide bonds. The van der Waals surface area contributed by atoms with Crippen LogP contribution in [-0.4, -0.2) is 24.8 Å². The summed E-state index contributed by atoms with van der Waals surface area (Å²) in [5, 5.41) is 0. The van der Waals surface area contributed by atoms with Gasteiger partial charge in [-0.1, -0.05) is 0 Å². The molecule has 1 rings (SSSR count). The van der Waals surface area contributed by atoms with E-state index in [1.807, 2.05) is 0 Å². The molecule has 1 fully saturated rings. The Morgan fingerprint density at radius 3 is 2.57 bits per heavy atom. The maximum atomic E-state index is 10.1. The van der Waals surface area contributed by atoms with Gasteiger partial charge >= 0.3 is 0 Å². The standard InChI is InChI=1S/C4H4O3/c5-1-3(6)4-2-7-4/h1,4H,2H2/t4-/m0/s1. The molecule has 3 nitrogen and oxygen atoms in total. The summed E-state index contributed by atoms with van der Waals surface area (Å²) in [5.41, 5.74) is 0. The van der Waals surface area contributed by atoms with E-state index in [0.29, 0.717) is 6.61 Å². The number of rotatable bonds is 2. The normalized spacial score (nSPS) is 26.6. The molecule has 0 bridgehead atoms. The van der Waals surface area contributed by atoms with E-state index in [9.17, 15) is 9.59 Å². The van der Waals surface area contributed by atoms with Gasteiger partial charge < -0.3 is 4.74 Å². The lowest BCUT2D eigenvalue weighted by Gasteiger charge is -1.71. The van der Waals surface area contributed by atoms with Crippen molar-refractivity contribution in [2.75, 3.05) is 6.61 Å². The van der Waals surface area contributed by atoms with Crippen molar-refractivity contribution >= 4 is 12.1 Å². The summed E-state index contributed by atoms with van der Waals surface area (Å²) < 4.78 is 4.48. The molecule has 38 valence electrons. The van der Waals surface area contributed by atoms with Crippen molar-refractivity contribution in [1.29, 1.82) is 0 Å². The van der Waals surface area contributed by atoms with Gasteiger partial charge in [-0.3, -0.25) is 9.59 Å². The van der Waals surface area contributed by atoms with Crippen LogP contribution in [-0.2, 0) is 14.3 Å². The van der Waals surface area contributed by atoms with Gasteiger partial charge in [-0.25, -0.2) is 0 Å². The zero-order chi connectivity index (χ0) is 5.28. The molecular weight excluding hydrogens is 96.0 g/mol. The highest BCUT2D eigenvalue weighted by molar-refractivity contribution is 6.27. The Hall–Kier alpha value is -0.700.